The predicted molar refractivity (Wildman–Crippen MR) is 115 cm³/mol. The van der Waals surface area contributed by atoms with Crippen molar-refractivity contribution in [2.45, 2.75) is 19.5 Å². The van der Waals surface area contributed by atoms with Crippen LogP contribution >= 0.6 is 0 Å². The van der Waals surface area contributed by atoms with Crippen molar-refractivity contribution < 1.29 is 13.9 Å². The van der Waals surface area contributed by atoms with Crippen LogP contribution in [-0.4, -0.2) is 30.7 Å². The minimum atomic E-state index is -0.293. The second kappa shape index (κ2) is 7.41. The van der Waals surface area contributed by atoms with Gasteiger partial charge in [-0.1, -0.05) is 30.3 Å². The zero-order valence-corrected chi connectivity index (χ0v) is 16.7. The number of hydrogen-bond acceptors (Lipinski definition) is 3. The lowest BCUT2D eigenvalue weighted by molar-refractivity contribution is 0.0784. The maximum atomic E-state index is 13.7. The average Bonchev–Trinajstić information content (AvgIpc) is 3.42. The van der Waals surface area contributed by atoms with Gasteiger partial charge in [0.2, 0.25) is 0 Å². The number of carbonyl (C=O) groups is 1. The Morgan fingerprint density at radius 2 is 2.00 bits per heavy atom. The molecule has 0 radical (unpaired) electrons. The van der Waals surface area contributed by atoms with Gasteiger partial charge in [-0.2, -0.15) is 0 Å². The third-order valence-corrected chi connectivity index (χ3v) is 5.77. The Bertz CT molecular complexity index is 1190. The number of halogens is 1. The van der Waals surface area contributed by atoms with Crippen LogP contribution in [0.5, 0.6) is 5.75 Å². The van der Waals surface area contributed by atoms with Crippen molar-refractivity contribution in [2.75, 3.05) is 13.7 Å². The lowest BCUT2D eigenvalue weighted by Gasteiger charge is -2.21. The minimum Gasteiger partial charge on any atom is -0.492 e. The van der Waals surface area contributed by atoms with E-state index in [2.05, 4.69) is 11.1 Å². The number of amides is 1. The van der Waals surface area contributed by atoms with Crippen LogP contribution < -0.4 is 4.74 Å². The van der Waals surface area contributed by atoms with Crippen LogP contribution in [0.25, 0.3) is 11.1 Å². The van der Waals surface area contributed by atoms with Gasteiger partial charge in [-0.25, -0.2) is 4.39 Å². The fourth-order valence-corrected chi connectivity index (χ4v) is 4.26. The lowest BCUT2D eigenvalue weighted by Crippen LogP contribution is -2.27. The molecule has 0 bridgehead atoms. The Kier molecular flexibility index (Phi) is 4.58. The molecular weight excluding hydrogens is 379 g/mol. The number of benzene rings is 3. The minimum absolute atomic E-state index is 0.0425. The summed E-state index contributed by atoms with van der Waals surface area (Å²) in [5.41, 5.74) is 6.54. The first kappa shape index (κ1) is 18.6. The summed E-state index contributed by atoms with van der Waals surface area (Å²) in [6.07, 6.45) is 2.55. The second-order valence-electron chi connectivity index (χ2n) is 7.69. The molecule has 0 unspecified atom stereocenters. The van der Waals surface area contributed by atoms with Gasteiger partial charge in [-0.3, -0.25) is 9.79 Å². The molecule has 2 aliphatic heterocycles. The van der Waals surface area contributed by atoms with E-state index in [1.165, 1.54) is 17.7 Å². The van der Waals surface area contributed by atoms with Crippen LogP contribution in [0.15, 0.2) is 59.6 Å². The lowest BCUT2D eigenvalue weighted by atomic mass is 9.96. The molecule has 0 atom stereocenters. The third-order valence-electron chi connectivity index (χ3n) is 5.77. The summed E-state index contributed by atoms with van der Waals surface area (Å²) in [5.74, 6) is 0.353. The average molecular weight is 400 g/mol. The van der Waals surface area contributed by atoms with Crippen LogP contribution in [0.2, 0.25) is 0 Å². The molecule has 2 heterocycles. The van der Waals surface area contributed by atoms with Crippen molar-refractivity contribution in [2.24, 2.45) is 4.99 Å². The van der Waals surface area contributed by atoms with Crippen molar-refractivity contribution in [1.29, 1.82) is 0 Å². The number of ether oxygens (including phenoxy) is 1. The zero-order valence-electron chi connectivity index (χ0n) is 16.7. The number of nitrogens with zero attached hydrogens (tertiary/aromatic N) is 2. The Morgan fingerprint density at radius 3 is 2.87 bits per heavy atom. The number of hydrogen-bond donors (Lipinski definition) is 0. The fourth-order valence-electron chi connectivity index (χ4n) is 4.26. The first-order chi connectivity index (χ1) is 14.6. The van der Waals surface area contributed by atoms with E-state index in [1.54, 1.807) is 11.0 Å². The van der Waals surface area contributed by atoms with Gasteiger partial charge in [-0.15, -0.1) is 0 Å². The quantitative estimate of drug-likeness (QED) is 0.641. The summed E-state index contributed by atoms with van der Waals surface area (Å²) in [7, 11) is 1.82. The standard InChI is InChI=1S/C25H21FN2O2/c1-28(15-18-6-2-5-17-13-27-14-23(17)18)25(29)22-9-8-20(24-21(22)10-11-30-24)16-4-3-7-19(26)12-16/h2-9,12-13H,10-11,14-15H2,1H3. The Labute approximate surface area is 174 Å². The molecule has 2 aliphatic rings. The van der Waals surface area contributed by atoms with Crippen molar-refractivity contribution in [3.05, 3.63) is 88.2 Å². The van der Waals surface area contributed by atoms with E-state index in [4.69, 9.17) is 4.74 Å². The van der Waals surface area contributed by atoms with Crippen molar-refractivity contribution in [3.8, 4) is 16.9 Å². The van der Waals surface area contributed by atoms with Crippen LogP contribution in [-0.2, 0) is 19.5 Å². The molecule has 5 heteroatoms. The summed E-state index contributed by atoms with van der Waals surface area (Å²) in [4.78, 5) is 19.4. The van der Waals surface area contributed by atoms with E-state index < -0.39 is 0 Å². The molecule has 0 spiro atoms. The number of fused-ring (bicyclic) bond motifs is 2. The summed E-state index contributed by atoms with van der Waals surface area (Å²) >= 11 is 0. The van der Waals surface area contributed by atoms with Crippen LogP contribution in [0.1, 0.15) is 32.6 Å². The molecule has 0 N–H and O–H groups in total. The zero-order chi connectivity index (χ0) is 20.7. The van der Waals surface area contributed by atoms with Gasteiger partial charge >= 0.3 is 0 Å². The molecule has 0 aromatic heterocycles. The third kappa shape index (κ3) is 3.16. The first-order valence-corrected chi connectivity index (χ1v) is 10.0. The molecule has 0 saturated carbocycles. The molecule has 3 aromatic rings. The number of carbonyl (C=O) groups excluding carboxylic acids is 1. The Morgan fingerprint density at radius 1 is 1.13 bits per heavy atom. The van der Waals surface area contributed by atoms with E-state index in [0.29, 0.717) is 37.4 Å². The predicted octanol–water partition coefficient (Wildman–Crippen LogP) is 4.63. The molecule has 3 aromatic carbocycles. The fraction of sp³-hybridized carbons (Fsp3) is 0.200. The monoisotopic (exact) mass is 400 g/mol. The highest BCUT2D eigenvalue weighted by Gasteiger charge is 2.26. The smallest absolute Gasteiger partial charge is 0.254 e. The van der Waals surface area contributed by atoms with Crippen molar-refractivity contribution in [3.63, 3.8) is 0 Å². The Balaban J connectivity index is 1.45. The number of rotatable bonds is 4. The van der Waals surface area contributed by atoms with Crippen LogP contribution in [0.4, 0.5) is 4.39 Å². The van der Waals surface area contributed by atoms with E-state index in [0.717, 1.165) is 27.8 Å². The normalized spacial score (nSPS) is 13.7. The summed E-state index contributed by atoms with van der Waals surface area (Å²) in [5, 5.41) is 0. The van der Waals surface area contributed by atoms with Crippen molar-refractivity contribution >= 4 is 12.1 Å². The summed E-state index contributed by atoms with van der Waals surface area (Å²) in [6.45, 7) is 1.71. The molecule has 0 saturated heterocycles. The van der Waals surface area contributed by atoms with Gasteiger partial charge in [-0.05, 0) is 46.5 Å². The Hall–Kier alpha value is -3.47. The van der Waals surface area contributed by atoms with E-state index in [1.807, 2.05) is 43.6 Å². The van der Waals surface area contributed by atoms with E-state index in [9.17, 15) is 9.18 Å². The highest BCUT2D eigenvalue weighted by atomic mass is 19.1. The van der Waals surface area contributed by atoms with Gasteiger partial charge in [0.25, 0.3) is 5.91 Å². The van der Waals surface area contributed by atoms with Crippen LogP contribution in [0, 0.1) is 5.82 Å². The maximum absolute atomic E-state index is 13.7. The van der Waals surface area contributed by atoms with Gasteiger partial charge in [0, 0.05) is 42.9 Å². The van der Waals surface area contributed by atoms with Gasteiger partial charge < -0.3 is 9.64 Å². The van der Waals surface area contributed by atoms with E-state index in [-0.39, 0.29) is 11.7 Å². The highest BCUT2D eigenvalue weighted by molar-refractivity contribution is 5.98. The van der Waals surface area contributed by atoms with Gasteiger partial charge in [0.05, 0.1) is 13.2 Å². The van der Waals surface area contributed by atoms with Crippen molar-refractivity contribution in [1.82, 2.24) is 4.90 Å². The molecule has 4 nitrogen and oxygen atoms in total. The largest absolute Gasteiger partial charge is 0.492 e. The SMILES string of the molecule is CN(Cc1cccc2c1CN=C2)C(=O)c1ccc(-c2cccc(F)c2)c2c1CCO2. The second-order valence-corrected chi connectivity index (χ2v) is 7.69. The molecule has 1 amide bonds. The molecule has 0 fully saturated rings. The van der Waals surface area contributed by atoms with Gasteiger partial charge in [0.15, 0.2) is 0 Å². The molecule has 150 valence electrons. The number of aliphatic imine (C=N–C) groups is 1. The molecule has 30 heavy (non-hydrogen) atoms. The van der Waals surface area contributed by atoms with Gasteiger partial charge in [0.1, 0.15) is 11.6 Å². The maximum Gasteiger partial charge on any atom is 0.254 e. The topological polar surface area (TPSA) is 41.9 Å². The molecule has 0 aliphatic carbocycles. The highest BCUT2D eigenvalue weighted by Crippen LogP contribution is 2.39. The summed E-state index contributed by atoms with van der Waals surface area (Å²) in [6, 6.07) is 16.2. The molecular formula is C25H21FN2O2. The summed E-state index contributed by atoms with van der Waals surface area (Å²) < 4.78 is 19.6. The van der Waals surface area contributed by atoms with E-state index >= 15 is 0 Å². The van der Waals surface area contributed by atoms with Crippen LogP contribution in [0.3, 0.4) is 0 Å². The molecule has 5 rings (SSSR count). The first-order valence-electron chi connectivity index (χ1n) is 10.0.